The molecule has 0 radical (unpaired) electrons. The number of hydrogen-bond acceptors (Lipinski definition) is 5. The first-order valence-corrected chi connectivity index (χ1v) is 9.27. The van der Waals surface area contributed by atoms with E-state index in [9.17, 15) is 9.59 Å². The van der Waals surface area contributed by atoms with Gasteiger partial charge in [-0.15, -0.1) is 11.8 Å². The van der Waals surface area contributed by atoms with Crippen molar-refractivity contribution in [1.82, 2.24) is 5.32 Å². The fourth-order valence-electron chi connectivity index (χ4n) is 2.12. The van der Waals surface area contributed by atoms with Gasteiger partial charge in [0.05, 0.1) is 17.2 Å². The molecule has 0 unspecified atom stereocenters. The van der Waals surface area contributed by atoms with Crippen LogP contribution in [0.3, 0.4) is 0 Å². The van der Waals surface area contributed by atoms with Crippen LogP contribution in [-0.2, 0) is 15.3 Å². The Hall–Kier alpha value is -2.78. The summed E-state index contributed by atoms with van der Waals surface area (Å²) in [6.07, 6.45) is 0.828. The number of nitrogens with one attached hydrogen (secondary N) is 1. The fourth-order valence-corrected chi connectivity index (χ4v) is 3.12. The van der Waals surface area contributed by atoms with E-state index in [2.05, 4.69) is 11.4 Å². The highest BCUT2D eigenvalue weighted by Crippen LogP contribution is 2.27. The van der Waals surface area contributed by atoms with E-state index in [1.54, 1.807) is 24.3 Å². The highest BCUT2D eigenvalue weighted by Gasteiger charge is 2.14. The summed E-state index contributed by atoms with van der Waals surface area (Å²) in [4.78, 5) is 24.6. The van der Waals surface area contributed by atoms with Gasteiger partial charge in [-0.1, -0.05) is 31.2 Å². The Kier molecular flexibility index (Phi) is 7.72. The van der Waals surface area contributed by atoms with Gasteiger partial charge in [-0.2, -0.15) is 5.26 Å². The lowest BCUT2D eigenvalue weighted by atomic mass is 10.2. The Morgan fingerprint density at radius 3 is 2.58 bits per heavy atom. The Labute approximate surface area is 157 Å². The summed E-state index contributed by atoms with van der Waals surface area (Å²) in [6.45, 7) is 2.23. The van der Waals surface area contributed by atoms with Gasteiger partial charge in [0.1, 0.15) is 0 Å². The average Bonchev–Trinajstić information content (AvgIpc) is 2.69. The highest BCUT2D eigenvalue weighted by atomic mass is 32.2. The summed E-state index contributed by atoms with van der Waals surface area (Å²) < 4.78 is 5.11. The van der Waals surface area contributed by atoms with Gasteiger partial charge in [0.25, 0.3) is 5.91 Å². The molecule has 2 aromatic rings. The van der Waals surface area contributed by atoms with Crippen LogP contribution in [0.1, 0.15) is 34.8 Å². The lowest BCUT2D eigenvalue weighted by Gasteiger charge is -2.09. The highest BCUT2D eigenvalue weighted by molar-refractivity contribution is 7.98. The second kappa shape index (κ2) is 10.3. The van der Waals surface area contributed by atoms with Crippen LogP contribution in [0.5, 0.6) is 0 Å². The Morgan fingerprint density at radius 2 is 1.88 bits per heavy atom. The van der Waals surface area contributed by atoms with E-state index in [1.807, 2.05) is 31.2 Å². The third kappa shape index (κ3) is 5.94. The second-order valence-corrected chi connectivity index (χ2v) is 6.54. The normalized spacial score (nSPS) is 10.0. The summed E-state index contributed by atoms with van der Waals surface area (Å²) >= 11 is 1.51. The molecule has 26 heavy (non-hydrogen) atoms. The summed E-state index contributed by atoms with van der Waals surface area (Å²) in [5.41, 5.74) is 2.11. The number of thioether (sulfide) groups is 1. The molecular formula is C20H20N2O3S. The first-order valence-electron chi connectivity index (χ1n) is 8.28. The maximum absolute atomic E-state index is 12.3. The van der Waals surface area contributed by atoms with Gasteiger partial charge in [0.15, 0.2) is 6.61 Å². The maximum Gasteiger partial charge on any atom is 0.339 e. The first-order chi connectivity index (χ1) is 12.6. The van der Waals surface area contributed by atoms with Crippen molar-refractivity contribution >= 4 is 23.6 Å². The van der Waals surface area contributed by atoms with E-state index in [1.165, 1.54) is 11.8 Å². The van der Waals surface area contributed by atoms with Crippen LogP contribution in [0.15, 0.2) is 53.4 Å². The summed E-state index contributed by atoms with van der Waals surface area (Å²) in [5, 5.41) is 11.5. The van der Waals surface area contributed by atoms with Crippen molar-refractivity contribution in [2.75, 3.05) is 13.2 Å². The summed E-state index contributed by atoms with van der Waals surface area (Å²) in [7, 11) is 0. The van der Waals surface area contributed by atoms with E-state index >= 15 is 0 Å². The lowest BCUT2D eigenvalue weighted by molar-refractivity contribution is -0.124. The van der Waals surface area contributed by atoms with Crippen LogP contribution in [0.2, 0.25) is 0 Å². The van der Waals surface area contributed by atoms with Crippen molar-refractivity contribution in [3.8, 4) is 6.07 Å². The van der Waals surface area contributed by atoms with E-state index in [4.69, 9.17) is 10.00 Å². The van der Waals surface area contributed by atoms with Gasteiger partial charge < -0.3 is 10.1 Å². The van der Waals surface area contributed by atoms with Gasteiger partial charge >= 0.3 is 5.97 Å². The third-order valence-corrected chi connectivity index (χ3v) is 4.64. The largest absolute Gasteiger partial charge is 0.452 e. The van der Waals surface area contributed by atoms with Crippen LogP contribution >= 0.6 is 11.8 Å². The van der Waals surface area contributed by atoms with Crippen LogP contribution in [0.4, 0.5) is 0 Å². The van der Waals surface area contributed by atoms with Gasteiger partial charge in [0.2, 0.25) is 0 Å². The van der Waals surface area contributed by atoms with E-state index in [-0.39, 0.29) is 12.5 Å². The molecule has 1 N–H and O–H groups in total. The minimum Gasteiger partial charge on any atom is -0.452 e. The molecule has 0 atom stereocenters. The SMILES string of the molecule is CCCNC(=O)COC(=O)c1ccccc1SCc1ccc(C#N)cc1. The van der Waals surface area contributed by atoms with Gasteiger partial charge in [-0.25, -0.2) is 4.79 Å². The molecule has 2 aromatic carbocycles. The molecule has 1 amide bonds. The zero-order valence-electron chi connectivity index (χ0n) is 14.5. The molecule has 6 heteroatoms. The first kappa shape index (κ1) is 19.5. The van der Waals surface area contributed by atoms with Crippen molar-refractivity contribution in [3.05, 3.63) is 65.2 Å². The van der Waals surface area contributed by atoms with E-state index in [0.29, 0.717) is 23.4 Å². The van der Waals surface area contributed by atoms with Crippen LogP contribution < -0.4 is 5.32 Å². The smallest absolute Gasteiger partial charge is 0.339 e. The minimum atomic E-state index is -0.514. The molecule has 5 nitrogen and oxygen atoms in total. The molecule has 0 heterocycles. The number of nitrogens with zero attached hydrogens (tertiary/aromatic N) is 1. The van der Waals surface area contributed by atoms with Crippen molar-refractivity contribution in [1.29, 1.82) is 5.26 Å². The van der Waals surface area contributed by atoms with Crippen molar-refractivity contribution in [3.63, 3.8) is 0 Å². The average molecular weight is 368 g/mol. The molecule has 0 aliphatic rings. The number of carbonyl (C=O) groups is 2. The number of nitriles is 1. The molecule has 0 aliphatic carbocycles. The van der Waals surface area contributed by atoms with E-state index < -0.39 is 5.97 Å². The fraction of sp³-hybridized carbons (Fsp3) is 0.250. The molecular weight excluding hydrogens is 348 g/mol. The summed E-state index contributed by atoms with van der Waals surface area (Å²) in [6, 6.07) is 16.6. The standard InChI is InChI=1S/C20H20N2O3S/c1-2-11-22-19(23)13-25-20(24)17-5-3-4-6-18(17)26-14-16-9-7-15(12-21)8-10-16/h3-10H,2,11,13-14H2,1H3,(H,22,23). The Bertz CT molecular complexity index is 797. The molecule has 0 aliphatic heterocycles. The number of hydrogen-bond donors (Lipinski definition) is 1. The van der Waals surface area contributed by atoms with Crippen molar-refractivity contribution in [2.45, 2.75) is 24.0 Å². The number of benzene rings is 2. The number of amides is 1. The predicted molar refractivity (Wildman–Crippen MR) is 101 cm³/mol. The van der Waals surface area contributed by atoms with Gasteiger partial charge in [-0.3, -0.25) is 4.79 Å². The maximum atomic E-state index is 12.3. The number of esters is 1. The van der Waals surface area contributed by atoms with Crippen LogP contribution in [-0.4, -0.2) is 25.0 Å². The van der Waals surface area contributed by atoms with Gasteiger partial charge in [-0.05, 0) is 36.2 Å². The molecule has 0 fully saturated rings. The molecule has 0 saturated carbocycles. The van der Waals surface area contributed by atoms with E-state index in [0.717, 1.165) is 16.9 Å². The summed E-state index contributed by atoms with van der Waals surface area (Å²) in [5.74, 6) is -0.157. The van der Waals surface area contributed by atoms with Gasteiger partial charge in [0, 0.05) is 17.2 Å². The number of rotatable bonds is 8. The minimum absolute atomic E-state index is 0.284. The number of ether oxygens (including phenoxy) is 1. The topological polar surface area (TPSA) is 79.2 Å². The Morgan fingerprint density at radius 1 is 1.15 bits per heavy atom. The van der Waals surface area contributed by atoms with Crippen molar-refractivity contribution < 1.29 is 14.3 Å². The predicted octanol–water partition coefficient (Wildman–Crippen LogP) is 3.53. The molecule has 2 rings (SSSR count). The monoisotopic (exact) mass is 368 g/mol. The zero-order chi connectivity index (χ0) is 18.8. The molecule has 0 bridgehead atoms. The van der Waals surface area contributed by atoms with Crippen LogP contribution in [0.25, 0.3) is 0 Å². The zero-order valence-corrected chi connectivity index (χ0v) is 15.3. The van der Waals surface area contributed by atoms with Crippen molar-refractivity contribution in [2.24, 2.45) is 0 Å². The Balaban J connectivity index is 1.96. The van der Waals surface area contributed by atoms with Crippen LogP contribution in [0, 0.1) is 11.3 Å². The number of carbonyl (C=O) groups excluding carboxylic acids is 2. The molecule has 0 spiro atoms. The molecule has 134 valence electrons. The molecule has 0 saturated heterocycles. The quantitative estimate of drug-likeness (QED) is 0.569. The second-order valence-electron chi connectivity index (χ2n) is 5.52. The molecule has 0 aromatic heterocycles. The third-order valence-electron chi connectivity index (χ3n) is 3.49. The lowest BCUT2D eigenvalue weighted by Crippen LogP contribution is -2.29.